The summed E-state index contributed by atoms with van der Waals surface area (Å²) in [5, 5.41) is 0. The lowest BCUT2D eigenvalue weighted by Gasteiger charge is -2.36. The number of sulfonamides is 1. The van der Waals surface area contributed by atoms with Crippen molar-refractivity contribution in [3.8, 4) is 0 Å². The van der Waals surface area contributed by atoms with E-state index >= 15 is 0 Å². The van der Waals surface area contributed by atoms with Gasteiger partial charge in [-0.25, -0.2) is 8.42 Å². The first-order chi connectivity index (χ1) is 13.7. The van der Waals surface area contributed by atoms with Crippen LogP contribution in [-0.4, -0.2) is 86.8 Å². The number of rotatable bonds is 5. The highest BCUT2D eigenvalue weighted by atomic mass is 32.2. The normalized spacial score (nSPS) is 20.3. The fourth-order valence-electron chi connectivity index (χ4n) is 3.58. The van der Waals surface area contributed by atoms with Gasteiger partial charge < -0.3 is 14.5 Å². The Morgan fingerprint density at radius 3 is 2.34 bits per heavy atom. The van der Waals surface area contributed by atoms with Gasteiger partial charge in [-0.05, 0) is 49.9 Å². The second kappa shape index (κ2) is 8.81. The molecule has 29 heavy (non-hydrogen) atoms. The molecule has 2 heterocycles. The van der Waals surface area contributed by atoms with Crippen molar-refractivity contribution >= 4 is 21.8 Å². The molecule has 1 aromatic rings. The zero-order valence-electron chi connectivity index (χ0n) is 17.3. The molecule has 2 aliphatic heterocycles. The molecule has 3 rings (SSSR count). The second-order valence-electron chi connectivity index (χ2n) is 7.71. The maximum absolute atomic E-state index is 12.8. The Labute approximate surface area is 172 Å². The molecule has 2 amide bonds. The molecule has 9 heteroatoms. The van der Waals surface area contributed by atoms with Crippen molar-refractivity contribution in [3.05, 3.63) is 29.3 Å². The van der Waals surface area contributed by atoms with Crippen LogP contribution in [-0.2, 0) is 24.3 Å². The van der Waals surface area contributed by atoms with Crippen LogP contribution in [0.2, 0.25) is 0 Å². The van der Waals surface area contributed by atoms with Crippen molar-refractivity contribution < 1.29 is 22.7 Å². The van der Waals surface area contributed by atoms with Gasteiger partial charge in [-0.1, -0.05) is 6.07 Å². The molecule has 0 saturated carbocycles. The highest BCUT2D eigenvalue weighted by Gasteiger charge is 2.32. The molecule has 160 valence electrons. The molecule has 0 aliphatic carbocycles. The fourth-order valence-corrected chi connectivity index (χ4v) is 4.79. The van der Waals surface area contributed by atoms with E-state index in [-0.39, 0.29) is 29.4 Å². The highest BCUT2D eigenvalue weighted by molar-refractivity contribution is 7.89. The molecular formula is C20H29N3O5S. The molecule has 0 N–H and O–H groups in total. The average molecular weight is 424 g/mol. The molecule has 0 spiro atoms. The minimum Gasteiger partial charge on any atom is -0.368 e. The third-order valence-corrected chi connectivity index (χ3v) is 7.49. The molecule has 1 aromatic carbocycles. The van der Waals surface area contributed by atoms with E-state index in [0.29, 0.717) is 32.8 Å². The average Bonchev–Trinajstić information content (AvgIpc) is 3.24. The van der Waals surface area contributed by atoms with Crippen LogP contribution < -0.4 is 0 Å². The van der Waals surface area contributed by atoms with Gasteiger partial charge in [0, 0.05) is 39.8 Å². The Hall–Kier alpha value is -1.97. The number of piperazine rings is 1. The van der Waals surface area contributed by atoms with Crippen LogP contribution in [0.25, 0.3) is 0 Å². The van der Waals surface area contributed by atoms with Crippen LogP contribution in [0.5, 0.6) is 0 Å². The Morgan fingerprint density at radius 1 is 1.10 bits per heavy atom. The van der Waals surface area contributed by atoms with Crippen LogP contribution in [0.4, 0.5) is 0 Å². The van der Waals surface area contributed by atoms with E-state index in [4.69, 9.17) is 4.74 Å². The third kappa shape index (κ3) is 4.79. The lowest BCUT2D eigenvalue weighted by molar-refractivity contribution is -0.146. The summed E-state index contributed by atoms with van der Waals surface area (Å²) in [5.41, 5.74) is 1.90. The first-order valence-electron chi connectivity index (χ1n) is 9.92. The summed E-state index contributed by atoms with van der Waals surface area (Å²) < 4.78 is 32.1. The van der Waals surface area contributed by atoms with Gasteiger partial charge in [0.05, 0.1) is 11.4 Å². The Bertz CT molecular complexity index is 872. The number of hydrogen-bond acceptors (Lipinski definition) is 5. The van der Waals surface area contributed by atoms with Gasteiger partial charge in [-0.15, -0.1) is 0 Å². The lowest BCUT2D eigenvalue weighted by atomic mass is 10.1. The van der Waals surface area contributed by atoms with Crippen molar-refractivity contribution in [1.82, 2.24) is 14.1 Å². The molecule has 8 nitrogen and oxygen atoms in total. The summed E-state index contributed by atoms with van der Waals surface area (Å²) in [6.07, 6.45) is 1.29. The predicted molar refractivity (Wildman–Crippen MR) is 108 cm³/mol. The first kappa shape index (κ1) is 21.7. The van der Waals surface area contributed by atoms with Crippen LogP contribution in [0, 0.1) is 13.8 Å². The second-order valence-corrected chi connectivity index (χ2v) is 9.76. The zero-order valence-corrected chi connectivity index (χ0v) is 18.1. The Morgan fingerprint density at radius 2 is 1.76 bits per heavy atom. The third-order valence-electron chi connectivity index (χ3n) is 5.69. The monoisotopic (exact) mass is 423 g/mol. The minimum absolute atomic E-state index is 0.0102. The molecular weight excluding hydrogens is 394 g/mol. The van der Waals surface area contributed by atoms with Crippen molar-refractivity contribution in [2.24, 2.45) is 0 Å². The standard InChI is InChI=1S/C20H29N3O5S/c1-15-6-7-17(13-16(15)2)29(26,27)21(3)14-19(24)22-8-10-23(11-9-22)20(25)18-5-4-12-28-18/h6-7,13,18H,4-5,8-12,14H2,1-3H3. The van der Waals surface area contributed by atoms with Crippen LogP contribution in [0.3, 0.4) is 0 Å². The number of carbonyl (C=O) groups excluding carboxylic acids is 2. The number of ether oxygens (including phenoxy) is 1. The number of aryl methyl sites for hydroxylation is 2. The van der Waals surface area contributed by atoms with E-state index in [1.165, 1.54) is 7.05 Å². The molecule has 2 aliphatic rings. The number of nitrogens with zero attached hydrogens (tertiary/aromatic N) is 3. The van der Waals surface area contributed by atoms with Crippen molar-refractivity contribution in [2.75, 3.05) is 46.4 Å². The highest BCUT2D eigenvalue weighted by Crippen LogP contribution is 2.19. The number of likely N-dealkylation sites (N-methyl/N-ethyl adjacent to an activating group) is 1. The minimum atomic E-state index is -3.74. The topological polar surface area (TPSA) is 87.2 Å². The number of carbonyl (C=O) groups is 2. The number of benzene rings is 1. The van der Waals surface area contributed by atoms with Crippen LogP contribution >= 0.6 is 0 Å². The summed E-state index contributed by atoms with van der Waals surface area (Å²) in [7, 11) is -2.33. The smallest absolute Gasteiger partial charge is 0.251 e. The van der Waals surface area contributed by atoms with Crippen molar-refractivity contribution in [3.63, 3.8) is 0 Å². The first-order valence-corrected chi connectivity index (χ1v) is 11.4. The van der Waals surface area contributed by atoms with E-state index in [1.54, 1.807) is 28.0 Å². The maximum Gasteiger partial charge on any atom is 0.251 e. The van der Waals surface area contributed by atoms with E-state index in [0.717, 1.165) is 28.3 Å². The van der Waals surface area contributed by atoms with Gasteiger partial charge in [0.2, 0.25) is 15.9 Å². The zero-order chi connectivity index (χ0) is 21.2. The Balaban J connectivity index is 1.56. The van der Waals surface area contributed by atoms with Gasteiger partial charge in [-0.2, -0.15) is 4.31 Å². The van der Waals surface area contributed by atoms with Crippen LogP contribution in [0.15, 0.2) is 23.1 Å². The van der Waals surface area contributed by atoms with E-state index in [2.05, 4.69) is 0 Å². The van der Waals surface area contributed by atoms with E-state index < -0.39 is 10.0 Å². The van der Waals surface area contributed by atoms with Gasteiger partial charge in [0.1, 0.15) is 6.10 Å². The molecule has 0 radical (unpaired) electrons. The quantitative estimate of drug-likeness (QED) is 0.698. The Kier molecular flexibility index (Phi) is 6.60. The largest absolute Gasteiger partial charge is 0.368 e. The van der Waals surface area contributed by atoms with Gasteiger partial charge in [0.15, 0.2) is 0 Å². The predicted octanol–water partition coefficient (Wildman–Crippen LogP) is 0.774. The maximum atomic E-state index is 12.8. The molecule has 2 fully saturated rings. The molecule has 0 aromatic heterocycles. The van der Waals surface area contributed by atoms with Gasteiger partial charge >= 0.3 is 0 Å². The van der Waals surface area contributed by atoms with Gasteiger partial charge in [0.25, 0.3) is 5.91 Å². The van der Waals surface area contributed by atoms with E-state index in [9.17, 15) is 18.0 Å². The fraction of sp³-hybridized carbons (Fsp3) is 0.600. The number of hydrogen-bond donors (Lipinski definition) is 0. The molecule has 1 atom stereocenters. The summed E-state index contributed by atoms with van der Waals surface area (Å²) in [4.78, 5) is 28.6. The summed E-state index contributed by atoms with van der Waals surface area (Å²) in [6, 6.07) is 4.96. The van der Waals surface area contributed by atoms with Crippen molar-refractivity contribution in [2.45, 2.75) is 37.7 Å². The molecule has 1 unspecified atom stereocenters. The van der Waals surface area contributed by atoms with Crippen LogP contribution in [0.1, 0.15) is 24.0 Å². The van der Waals surface area contributed by atoms with Gasteiger partial charge in [-0.3, -0.25) is 9.59 Å². The van der Waals surface area contributed by atoms with E-state index in [1.807, 2.05) is 13.8 Å². The SMILES string of the molecule is Cc1ccc(S(=O)(=O)N(C)CC(=O)N2CCN(C(=O)C3CCCO3)CC2)cc1C. The number of amides is 2. The molecule has 0 bridgehead atoms. The summed E-state index contributed by atoms with van der Waals surface area (Å²) in [5.74, 6) is -0.270. The summed E-state index contributed by atoms with van der Waals surface area (Å²) in [6.45, 7) is 5.85. The molecule has 2 saturated heterocycles. The lowest BCUT2D eigenvalue weighted by Crippen LogP contribution is -2.54. The van der Waals surface area contributed by atoms with Crippen molar-refractivity contribution in [1.29, 1.82) is 0 Å². The summed E-state index contributed by atoms with van der Waals surface area (Å²) >= 11 is 0.